The maximum Gasteiger partial charge on any atom is 0.391 e. The van der Waals surface area contributed by atoms with Crippen molar-refractivity contribution in [3.05, 3.63) is 29.8 Å². The van der Waals surface area contributed by atoms with E-state index in [1.165, 1.54) is 12.1 Å². The van der Waals surface area contributed by atoms with Crippen molar-refractivity contribution in [2.75, 3.05) is 19.8 Å². The van der Waals surface area contributed by atoms with E-state index >= 15 is 0 Å². The zero-order chi connectivity index (χ0) is 14.3. The minimum atomic E-state index is -4.24. The van der Waals surface area contributed by atoms with Crippen molar-refractivity contribution in [1.82, 2.24) is 0 Å². The van der Waals surface area contributed by atoms with Crippen LogP contribution >= 0.6 is 0 Å². The lowest BCUT2D eigenvalue weighted by molar-refractivity contribution is -0.145. The highest BCUT2D eigenvalue weighted by atomic mass is 19.4. The number of alkyl halides is 3. The van der Waals surface area contributed by atoms with Crippen LogP contribution in [0.4, 0.5) is 13.2 Å². The molecule has 0 aliphatic carbocycles. The Morgan fingerprint density at radius 1 is 1.16 bits per heavy atom. The van der Waals surface area contributed by atoms with Gasteiger partial charge in [-0.1, -0.05) is 12.1 Å². The average Bonchev–Trinajstić information content (AvgIpc) is 2.32. The van der Waals surface area contributed by atoms with E-state index in [-0.39, 0.29) is 24.5 Å². The van der Waals surface area contributed by atoms with Gasteiger partial charge in [-0.15, -0.1) is 0 Å². The van der Waals surface area contributed by atoms with Crippen molar-refractivity contribution < 1.29 is 32.5 Å². The lowest BCUT2D eigenvalue weighted by Crippen LogP contribution is -2.14. The van der Waals surface area contributed by atoms with Gasteiger partial charge in [0.1, 0.15) is 17.9 Å². The van der Waals surface area contributed by atoms with E-state index < -0.39 is 25.2 Å². The SMILES string of the molecule is O=C(O)c1ccccc1OCCOCCC(F)(F)F. The van der Waals surface area contributed by atoms with E-state index in [1.54, 1.807) is 12.1 Å². The first-order chi connectivity index (χ1) is 8.90. The Balaban J connectivity index is 2.28. The van der Waals surface area contributed by atoms with Gasteiger partial charge >= 0.3 is 12.1 Å². The highest BCUT2D eigenvalue weighted by molar-refractivity contribution is 5.90. The van der Waals surface area contributed by atoms with Crippen LogP contribution in [-0.2, 0) is 4.74 Å². The lowest BCUT2D eigenvalue weighted by atomic mass is 10.2. The third kappa shape index (κ3) is 6.10. The van der Waals surface area contributed by atoms with E-state index in [9.17, 15) is 18.0 Å². The molecule has 0 unspecified atom stereocenters. The van der Waals surface area contributed by atoms with Crippen LogP contribution in [0.15, 0.2) is 24.3 Å². The molecule has 4 nitrogen and oxygen atoms in total. The Morgan fingerprint density at radius 2 is 1.84 bits per heavy atom. The van der Waals surface area contributed by atoms with Crippen molar-refractivity contribution in [1.29, 1.82) is 0 Å². The van der Waals surface area contributed by atoms with E-state index in [1.807, 2.05) is 0 Å². The van der Waals surface area contributed by atoms with Crippen LogP contribution in [0.3, 0.4) is 0 Å². The Morgan fingerprint density at radius 3 is 2.47 bits per heavy atom. The van der Waals surface area contributed by atoms with Gasteiger partial charge in [0.05, 0.1) is 19.6 Å². The second kappa shape index (κ2) is 6.98. The van der Waals surface area contributed by atoms with Gasteiger partial charge in [0.25, 0.3) is 0 Å². The number of hydrogen-bond acceptors (Lipinski definition) is 3. The zero-order valence-electron chi connectivity index (χ0n) is 9.94. The minimum absolute atomic E-state index is 0.00204. The first kappa shape index (κ1) is 15.3. The van der Waals surface area contributed by atoms with Gasteiger partial charge in [-0.2, -0.15) is 13.2 Å². The maximum absolute atomic E-state index is 11.8. The molecule has 0 saturated heterocycles. The molecule has 0 aromatic heterocycles. The summed E-state index contributed by atoms with van der Waals surface area (Å²) in [6.07, 6.45) is -5.25. The summed E-state index contributed by atoms with van der Waals surface area (Å²) >= 11 is 0. The number of carboxylic acid groups (broad SMARTS) is 1. The van der Waals surface area contributed by atoms with Gasteiger partial charge in [-0.3, -0.25) is 0 Å². The zero-order valence-corrected chi connectivity index (χ0v) is 9.94. The number of aromatic carboxylic acids is 1. The van der Waals surface area contributed by atoms with Crippen molar-refractivity contribution in [3.8, 4) is 5.75 Å². The number of ether oxygens (including phenoxy) is 2. The summed E-state index contributed by atoms with van der Waals surface area (Å²) in [5, 5.41) is 8.86. The predicted octanol–water partition coefficient (Wildman–Crippen LogP) is 2.73. The van der Waals surface area contributed by atoms with Crippen LogP contribution in [0, 0.1) is 0 Å². The Bertz CT molecular complexity index is 418. The number of rotatable bonds is 7. The molecular weight excluding hydrogens is 265 g/mol. The first-order valence-electron chi connectivity index (χ1n) is 5.50. The van der Waals surface area contributed by atoms with E-state index in [4.69, 9.17) is 14.6 Å². The van der Waals surface area contributed by atoms with Crippen molar-refractivity contribution in [2.45, 2.75) is 12.6 Å². The summed E-state index contributed by atoms with van der Waals surface area (Å²) in [5.74, 6) is -0.969. The fourth-order valence-corrected chi connectivity index (χ4v) is 1.27. The Kier molecular flexibility index (Phi) is 5.62. The first-order valence-corrected chi connectivity index (χ1v) is 5.50. The van der Waals surface area contributed by atoms with Crippen molar-refractivity contribution in [2.24, 2.45) is 0 Å². The highest BCUT2D eigenvalue weighted by Gasteiger charge is 2.26. The molecule has 0 heterocycles. The largest absolute Gasteiger partial charge is 0.490 e. The van der Waals surface area contributed by atoms with E-state index in [0.29, 0.717) is 0 Å². The fourth-order valence-electron chi connectivity index (χ4n) is 1.27. The molecule has 0 fully saturated rings. The van der Waals surface area contributed by atoms with Gasteiger partial charge in [0.15, 0.2) is 0 Å². The van der Waals surface area contributed by atoms with Crippen LogP contribution in [-0.4, -0.2) is 37.1 Å². The molecule has 0 spiro atoms. The minimum Gasteiger partial charge on any atom is -0.490 e. The summed E-state index contributed by atoms with van der Waals surface area (Å²) in [6.45, 7) is -0.486. The lowest BCUT2D eigenvalue weighted by Gasteiger charge is -2.10. The monoisotopic (exact) mass is 278 g/mol. The molecule has 0 amide bonds. The molecule has 0 atom stereocenters. The molecule has 1 rings (SSSR count). The molecule has 0 saturated carbocycles. The molecule has 7 heteroatoms. The summed E-state index contributed by atoms with van der Waals surface area (Å²) < 4.78 is 45.3. The van der Waals surface area contributed by atoms with Gasteiger partial charge in [0.2, 0.25) is 0 Å². The van der Waals surface area contributed by atoms with Crippen LogP contribution in [0.1, 0.15) is 16.8 Å². The summed E-state index contributed by atoms with van der Waals surface area (Å²) in [7, 11) is 0. The molecular formula is C12H13F3O4. The normalized spacial score (nSPS) is 11.3. The van der Waals surface area contributed by atoms with Crippen molar-refractivity contribution in [3.63, 3.8) is 0 Å². The fraction of sp³-hybridized carbons (Fsp3) is 0.417. The van der Waals surface area contributed by atoms with Gasteiger partial charge in [-0.05, 0) is 12.1 Å². The molecule has 0 bridgehead atoms. The quantitative estimate of drug-likeness (QED) is 0.779. The molecule has 106 valence electrons. The Labute approximate surface area is 107 Å². The van der Waals surface area contributed by atoms with Crippen molar-refractivity contribution >= 4 is 5.97 Å². The molecule has 19 heavy (non-hydrogen) atoms. The van der Waals surface area contributed by atoms with E-state index in [2.05, 4.69) is 0 Å². The second-order valence-electron chi connectivity index (χ2n) is 3.63. The third-order valence-electron chi connectivity index (χ3n) is 2.13. The number of benzene rings is 1. The molecule has 0 radical (unpaired) electrons. The van der Waals surface area contributed by atoms with Crippen LogP contribution in [0.25, 0.3) is 0 Å². The van der Waals surface area contributed by atoms with Crippen LogP contribution < -0.4 is 4.74 Å². The summed E-state index contributed by atoms with van der Waals surface area (Å²) in [5.41, 5.74) is -0.00204. The van der Waals surface area contributed by atoms with Crippen LogP contribution in [0.5, 0.6) is 5.75 Å². The highest BCUT2D eigenvalue weighted by Crippen LogP contribution is 2.19. The number of carbonyl (C=O) groups is 1. The maximum atomic E-state index is 11.8. The van der Waals surface area contributed by atoms with Crippen LogP contribution in [0.2, 0.25) is 0 Å². The van der Waals surface area contributed by atoms with E-state index in [0.717, 1.165) is 0 Å². The average molecular weight is 278 g/mol. The third-order valence-corrected chi connectivity index (χ3v) is 2.13. The summed E-state index contributed by atoms with van der Waals surface area (Å²) in [4.78, 5) is 10.8. The molecule has 0 aliphatic rings. The molecule has 1 N–H and O–H groups in total. The number of para-hydroxylation sites is 1. The summed E-state index contributed by atoms with van der Waals surface area (Å²) in [6, 6.07) is 6.00. The van der Waals surface area contributed by atoms with Gasteiger partial charge in [-0.25, -0.2) is 4.79 Å². The second-order valence-corrected chi connectivity index (χ2v) is 3.63. The van der Waals surface area contributed by atoms with Gasteiger partial charge < -0.3 is 14.6 Å². The Hall–Kier alpha value is -1.76. The smallest absolute Gasteiger partial charge is 0.391 e. The predicted molar refractivity (Wildman–Crippen MR) is 60.4 cm³/mol. The number of halogens is 3. The molecule has 1 aromatic carbocycles. The molecule has 0 aliphatic heterocycles. The van der Waals surface area contributed by atoms with Gasteiger partial charge in [0, 0.05) is 0 Å². The number of hydrogen-bond donors (Lipinski definition) is 1. The molecule has 1 aromatic rings. The topological polar surface area (TPSA) is 55.8 Å². The standard InChI is InChI=1S/C12H13F3O4/c13-12(14,15)5-6-18-7-8-19-10-4-2-1-3-9(10)11(16)17/h1-4H,5-8H2,(H,16,17). The number of carboxylic acids is 1.